The highest BCUT2D eigenvalue weighted by atomic mass is 14.9. The van der Waals surface area contributed by atoms with Crippen LogP contribution in [0.5, 0.6) is 0 Å². The Hall–Kier alpha value is -1.74. The van der Waals surface area contributed by atoms with E-state index in [0.29, 0.717) is 5.92 Å². The molecule has 3 heteroatoms. The van der Waals surface area contributed by atoms with Crippen LogP contribution < -0.4 is 5.32 Å². The predicted molar refractivity (Wildman–Crippen MR) is 78.7 cm³/mol. The highest BCUT2D eigenvalue weighted by Gasteiger charge is 2.01. The van der Waals surface area contributed by atoms with E-state index in [9.17, 15) is 0 Å². The van der Waals surface area contributed by atoms with E-state index >= 15 is 0 Å². The fraction of sp³-hybridized carbons (Fsp3) is 0.375. The first kappa shape index (κ1) is 13.7. The van der Waals surface area contributed by atoms with Gasteiger partial charge in [-0.15, -0.1) is 0 Å². The molecule has 0 spiro atoms. The molecule has 0 saturated carbocycles. The van der Waals surface area contributed by atoms with Gasteiger partial charge in [-0.3, -0.25) is 0 Å². The van der Waals surface area contributed by atoms with Crippen LogP contribution in [0.15, 0.2) is 36.7 Å². The van der Waals surface area contributed by atoms with Crippen molar-refractivity contribution in [3.05, 3.63) is 47.8 Å². The summed E-state index contributed by atoms with van der Waals surface area (Å²) in [5, 5.41) is 3.39. The Morgan fingerprint density at radius 3 is 2.26 bits per heavy atom. The summed E-state index contributed by atoms with van der Waals surface area (Å²) in [4.78, 5) is 8.85. The fourth-order valence-corrected chi connectivity index (χ4v) is 1.80. The van der Waals surface area contributed by atoms with Crippen LogP contribution in [0.2, 0.25) is 0 Å². The number of aromatic nitrogens is 2. The Labute approximate surface area is 115 Å². The zero-order valence-corrected chi connectivity index (χ0v) is 11.9. The number of hydrogen-bond donors (Lipinski definition) is 1. The molecule has 0 aliphatic heterocycles. The maximum Gasteiger partial charge on any atom is 0.159 e. The van der Waals surface area contributed by atoms with Crippen molar-refractivity contribution in [1.29, 1.82) is 0 Å². The molecule has 2 rings (SSSR count). The molecule has 0 fully saturated rings. The van der Waals surface area contributed by atoms with E-state index in [1.165, 1.54) is 5.56 Å². The van der Waals surface area contributed by atoms with Crippen LogP contribution in [0, 0.1) is 12.8 Å². The minimum Gasteiger partial charge on any atom is -0.312 e. The predicted octanol–water partition coefficient (Wildman–Crippen LogP) is 3.20. The molecule has 3 nitrogen and oxygen atoms in total. The third-order valence-electron chi connectivity index (χ3n) is 2.90. The van der Waals surface area contributed by atoms with Gasteiger partial charge in [0.15, 0.2) is 5.82 Å². The lowest BCUT2D eigenvalue weighted by molar-refractivity contribution is 0.551. The van der Waals surface area contributed by atoms with Crippen molar-refractivity contribution in [2.45, 2.75) is 27.3 Å². The average Bonchev–Trinajstić information content (AvgIpc) is 2.40. The zero-order chi connectivity index (χ0) is 13.7. The lowest BCUT2D eigenvalue weighted by Gasteiger charge is -2.07. The molecule has 1 N–H and O–H groups in total. The summed E-state index contributed by atoms with van der Waals surface area (Å²) in [6, 6.07) is 8.27. The highest BCUT2D eigenvalue weighted by molar-refractivity contribution is 5.54. The minimum atomic E-state index is 0.660. The van der Waals surface area contributed by atoms with Crippen molar-refractivity contribution < 1.29 is 0 Å². The first-order valence-corrected chi connectivity index (χ1v) is 6.74. The SMILES string of the molecule is Cc1ccc(-c2ncc(CNCC(C)C)cn2)cc1. The molecule has 0 amide bonds. The number of aryl methyl sites for hydroxylation is 1. The maximum absolute atomic E-state index is 4.43. The quantitative estimate of drug-likeness (QED) is 0.891. The third kappa shape index (κ3) is 4.14. The van der Waals surface area contributed by atoms with Gasteiger partial charge in [0, 0.05) is 30.1 Å². The molecule has 1 aromatic carbocycles. The fourth-order valence-electron chi connectivity index (χ4n) is 1.80. The van der Waals surface area contributed by atoms with Gasteiger partial charge in [0.1, 0.15) is 0 Å². The summed E-state index contributed by atoms with van der Waals surface area (Å²) in [6.07, 6.45) is 3.80. The normalized spacial score (nSPS) is 10.9. The topological polar surface area (TPSA) is 37.8 Å². The van der Waals surface area contributed by atoms with Crippen LogP contribution in [0.25, 0.3) is 11.4 Å². The smallest absolute Gasteiger partial charge is 0.159 e. The van der Waals surface area contributed by atoms with Crippen LogP contribution in [0.1, 0.15) is 25.0 Å². The van der Waals surface area contributed by atoms with Crippen molar-refractivity contribution in [2.75, 3.05) is 6.54 Å². The van der Waals surface area contributed by atoms with E-state index in [1.807, 2.05) is 12.4 Å². The van der Waals surface area contributed by atoms with E-state index < -0.39 is 0 Å². The number of benzene rings is 1. The summed E-state index contributed by atoms with van der Waals surface area (Å²) in [5.74, 6) is 1.44. The van der Waals surface area contributed by atoms with Gasteiger partial charge >= 0.3 is 0 Å². The minimum absolute atomic E-state index is 0.660. The van der Waals surface area contributed by atoms with E-state index in [4.69, 9.17) is 0 Å². The number of rotatable bonds is 5. The lowest BCUT2D eigenvalue weighted by Crippen LogP contribution is -2.19. The van der Waals surface area contributed by atoms with Crippen LogP contribution in [-0.2, 0) is 6.54 Å². The van der Waals surface area contributed by atoms with Crippen LogP contribution >= 0.6 is 0 Å². The first-order valence-electron chi connectivity index (χ1n) is 6.74. The van der Waals surface area contributed by atoms with E-state index in [-0.39, 0.29) is 0 Å². The van der Waals surface area contributed by atoms with Crippen molar-refractivity contribution in [3.8, 4) is 11.4 Å². The molecule has 1 heterocycles. The van der Waals surface area contributed by atoms with Crippen LogP contribution in [0.4, 0.5) is 0 Å². The van der Waals surface area contributed by atoms with Gasteiger partial charge < -0.3 is 5.32 Å². The van der Waals surface area contributed by atoms with Gasteiger partial charge in [0.2, 0.25) is 0 Å². The van der Waals surface area contributed by atoms with Gasteiger partial charge in [-0.25, -0.2) is 9.97 Å². The number of nitrogens with zero attached hydrogens (tertiary/aromatic N) is 2. The molecule has 0 radical (unpaired) electrons. The maximum atomic E-state index is 4.43. The molecule has 0 aliphatic carbocycles. The zero-order valence-electron chi connectivity index (χ0n) is 11.9. The second-order valence-electron chi connectivity index (χ2n) is 5.31. The molecule has 0 atom stereocenters. The largest absolute Gasteiger partial charge is 0.312 e. The molecule has 0 unspecified atom stereocenters. The summed E-state index contributed by atoms with van der Waals surface area (Å²) in [6.45, 7) is 8.31. The van der Waals surface area contributed by atoms with Gasteiger partial charge in [-0.1, -0.05) is 43.7 Å². The molecule has 2 aromatic rings. The van der Waals surface area contributed by atoms with Crippen LogP contribution in [-0.4, -0.2) is 16.5 Å². The van der Waals surface area contributed by atoms with E-state index in [2.05, 4.69) is 60.3 Å². The van der Waals surface area contributed by atoms with Gasteiger partial charge in [-0.2, -0.15) is 0 Å². The molecule has 1 aromatic heterocycles. The third-order valence-corrected chi connectivity index (χ3v) is 2.90. The second kappa shape index (κ2) is 6.43. The van der Waals surface area contributed by atoms with Crippen molar-refractivity contribution in [1.82, 2.24) is 15.3 Å². The molecule has 0 aliphatic rings. The molecule has 19 heavy (non-hydrogen) atoms. The Morgan fingerprint density at radius 1 is 1.05 bits per heavy atom. The standard InChI is InChI=1S/C16H21N3/c1-12(2)8-17-9-14-10-18-16(19-11-14)15-6-4-13(3)5-7-15/h4-7,10-12,17H,8-9H2,1-3H3. The van der Waals surface area contributed by atoms with Gasteiger partial charge in [0.05, 0.1) is 0 Å². The molecule has 0 saturated heterocycles. The molecule has 0 bridgehead atoms. The Morgan fingerprint density at radius 2 is 1.68 bits per heavy atom. The first-order chi connectivity index (χ1) is 9.15. The van der Waals surface area contributed by atoms with E-state index in [0.717, 1.165) is 30.0 Å². The summed E-state index contributed by atoms with van der Waals surface area (Å²) >= 11 is 0. The Balaban J connectivity index is 2.00. The van der Waals surface area contributed by atoms with E-state index in [1.54, 1.807) is 0 Å². The summed E-state index contributed by atoms with van der Waals surface area (Å²) < 4.78 is 0. The van der Waals surface area contributed by atoms with Crippen molar-refractivity contribution in [2.24, 2.45) is 5.92 Å². The number of nitrogens with one attached hydrogen (secondary N) is 1. The molecule has 100 valence electrons. The molecular formula is C16H21N3. The summed E-state index contributed by atoms with van der Waals surface area (Å²) in [7, 11) is 0. The van der Waals surface area contributed by atoms with Crippen molar-refractivity contribution in [3.63, 3.8) is 0 Å². The number of hydrogen-bond acceptors (Lipinski definition) is 3. The monoisotopic (exact) mass is 255 g/mol. The Bertz CT molecular complexity index is 501. The van der Waals surface area contributed by atoms with Crippen molar-refractivity contribution >= 4 is 0 Å². The molecular weight excluding hydrogens is 234 g/mol. The summed E-state index contributed by atoms with van der Waals surface area (Å²) in [5.41, 5.74) is 3.43. The Kier molecular flexibility index (Phi) is 4.63. The second-order valence-corrected chi connectivity index (χ2v) is 5.31. The average molecular weight is 255 g/mol. The highest BCUT2D eigenvalue weighted by Crippen LogP contribution is 2.14. The van der Waals surface area contributed by atoms with Gasteiger partial charge in [0.25, 0.3) is 0 Å². The lowest BCUT2D eigenvalue weighted by atomic mass is 10.1. The van der Waals surface area contributed by atoms with Crippen LogP contribution in [0.3, 0.4) is 0 Å². The van der Waals surface area contributed by atoms with Gasteiger partial charge in [-0.05, 0) is 19.4 Å².